The van der Waals surface area contributed by atoms with Gasteiger partial charge in [0, 0.05) is 11.1 Å². The van der Waals surface area contributed by atoms with E-state index < -0.39 is 29.4 Å². The lowest BCUT2D eigenvalue weighted by atomic mass is 9.93. The minimum absolute atomic E-state index is 0.0462. The Morgan fingerprint density at radius 2 is 1.67 bits per heavy atom. The van der Waals surface area contributed by atoms with Gasteiger partial charge in [-0.3, -0.25) is 23.9 Å². The van der Waals surface area contributed by atoms with Crippen LogP contribution in [0.2, 0.25) is 0 Å². The number of fused-ring (bicyclic) bond motifs is 3. The van der Waals surface area contributed by atoms with Crippen LogP contribution in [0, 0.1) is 0 Å². The molecule has 4 heterocycles. The fraction of sp³-hybridized carbons (Fsp3) is 0.206. The van der Waals surface area contributed by atoms with Crippen molar-refractivity contribution >= 4 is 46.1 Å². The van der Waals surface area contributed by atoms with Crippen molar-refractivity contribution in [2.45, 2.75) is 19.9 Å². The van der Waals surface area contributed by atoms with Crippen LogP contribution in [-0.2, 0) is 23.9 Å². The summed E-state index contributed by atoms with van der Waals surface area (Å²) in [5.41, 5.74) is 2.36. The zero-order valence-corrected chi connectivity index (χ0v) is 25.7. The smallest absolute Gasteiger partial charge is 0.338 e. The van der Waals surface area contributed by atoms with E-state index in [4.69, 9.17) is 23.9 Å². The van der Waals surface area contributed by atoms with Crippen LogP contribution in [0.1, 0.15) is 36.6 Å². The lowest BCUT2D eigenvalue weighted by Gasteiger charge is -2.26. The highest BCUT2D eigenvalue weighted by atomic mass is 32.1. The van der Waals surface area contributed by atoms with Crippen LogP contribution in [0.25, 0.3) is 11.3 Å². The molecular weight excluding hydrogens is 610 g/mol. The average molecular weight is 638 g/mol. The van der Waals surface area contributed by atoms with Crippen molar-refractivity contribution in [1.29, 1.82) is 0 Å². The number of para-hydroxylation sites is 1. The molecule has 1 atom stereocenters. The normalized spacial score (nSPS) is 17.4. The molecule has 232 valence electrons. The second-order valence-electron chi connectivity index (χ2n) is 10.5. The van der Waals surface area contributed by atoms with E-state index in [1.165, 1.54) is 9.47 Å². The number of hydrogen-bond acceptors (Lipinski definition) is 10. The summed E-state index contributed by atoms with van der Waals surface area (Å²) in [4.78, 5) is 61.3. The number of thiazole rings is 1. The molecule has 1 aromatic heterocycles. The Morgan fingerprint density at radius 3 is 2.46 bits per heavy atom. The summed E-state index contributed by atoms with van der Waals surface area (Å²) in [5.74, 6) is -0.694. The zero-order valence-electron chi connectivity index (χ0n) is 24.8. The number of ether oxygens (including phenoxy) is 4. The highest BCUT2D eigenvalue weighted by Crippen LogP contribution is 2.40. The molecular formula is C34H27N3O8S. The summed E-state index contributed by atoms with van der Waals surface area (Å²) < 4.78 is 23.4. The summed E-state index contributed by atoms with van der Waals surface area (Å²) in [6, 6.07) is 20.4. The predicted octanol–water partition coefficient (Wildman–Crippen LogP) is 2.94. The number of esters is 2. The van der Waals surface area contributed by atoms with E-state index in [0.717, 1.165) is 11.3 Å². The summed E-state index contributed by atoms with van der Waals surface area (Å²) in [6.07, 6.45) is 0. The first kappa shape index (κ1) is 29.2. The molecule has 3 aromatic carbocycles. The van der Waals surface area contributed by atoms with Crippen LogP contribution in [0.3, 0.4) is 0 Å². The van der Waals surface area contributed by atoms with E-state index in [2.05, 4.69) is 0 Å². The molecule has 0 saturated carbocycles. The Bertz CT molecular complexity index is 2130. The highest BCUT2D eigenvalue weighted by Gasteiger charge is 2.39. The quantitative estimate of drug-likeness (QED) is 0.283. The zero-order chi connectivity index (χ0) is 31.9. The van der Waals surface area contributed by atoms with Gasteiger partial charge >= 0.3 is 11.9 Å². The van der Waals surface area contributed by atoms with Gasteiger partial charge in [-0.25, -0.2) is 9.79 Å². The minimum atomic E-state index is -0.975. The first-order chi connectivity index (χ1) is 22.4. The number of anilines is 1. The second kappa shape index (κ2) is 11.8. The fourth-order valence-corrected chi connectivity index (χ4v) is 6.97. The summed E-state index contributed by atoms with van der Waals surface area (Å²) >= 11 is 1.05. The van der Waals surface area contributed by atoms with Crippen LogP contribution in [0.5, 0.6) is 11.5 Å². The average Bonchev–Trinajstić information content (AvgIpc) is 3.74. The van der Waals surface area contributed by atoms with Crippen molar-refractivity contribution in [3.05, 3.63) is 115 Å². The fourth-order valence-electron chi connectivity index (χ4n) is 5.88. The van der Waals surface area contributed by atoms with Gasteiger partial charge in [0.2, 0.25) is 6.79 Å². The van der Waals surface area contributed by atoms with Crippen molar-refractivity contribution in [1.82, 2.24) is 4.57 Å². The Labute approximate surface area is 266 Å². The van der Waals surface area contributed by atoms with E-state index in [1.807, 2.05) is 30.3 Å². The third-order valence-electron chi connectivity index (χ3n) is 7.80. The molecule has 0 N–H and O–H groups in total. The van der Waals surface area contributed by atoms with Crippen LogP contribution in [-0.4, -0.2) is 49.0 Å². The number of rotatable bonds is 7. The Balaban J connectivity index is 1.51. The monoisotopic (exact) mass is 637 g/mol. The van der Waals surface area contributed by atoms with Crippen molar-refractivity contribution in [2.75, 3.05) is 31.5 Å². The number of hydrogen-bond donors (Lipinski definition) is 0. The third-order valence-corrected chi connectivity index (χ3v) is 8.86. The topological polar surface area (TPSA) is 126 Å². The molecule has 0 radical (unpaired) electrons. The van der Waals surface area contributed by atoms with Gasteiger partial charge in [-0.15, -0.1) is 0 Å². The molecule has 0 saturated heterocycles. The molecule has 0 fully saturated rings. The number of carbonyl (C=O) groups excluding carboxylic acids is 3. The first-order valence-corrected chi connectivity index (χ1v) is 15.5. The van der Waals surface area contributed by atoms with Crippen LogP contribution in [0.4, 0.5) is 5.69 Å². The third kappa shape index (κ3) is 4.78. The maximum absolute atomic E-state index is 14.6. The molecule has 3 aliphatic heterocycles. The van der Waals surface area contributed by atoms with Gasteiger partial charge in [0.25, 0.3) is 11.5 Å². The van der Waals surface area contributed by atoms with Gasteiger partial charge in [-0.05, 0) is 37.6 Å². The number of benzene rings is 3. The van der Waals surface area contributed by atoms with Crippen LogP contribution >= 0.6 is 11.3 Å². The number of carbonyl (C=O) groups is 3. The molecule has 1 amide bonds. The number of nitrogens with zero attached hydrogens (tertiary/aromatic N) is 3. The second-order valence-corrected chi connectivity index (χ2v) is 11.4. The van der Waals surface area contributed by atoms with Crippen molar-refractivity contribution in [2.24, 2.45) is 4.99 Å². The SMILES string of the molecule is CCOC(=O)CN1C(=O)/C(=c2/sc3n(c2=O)[C@@H](c2ccc4c(c2)OCO4)C(C(=O)OCC)=C(c2ccccc2)N=3)c2ccccc21. The summed E-state index contributed by atoms with van der Waals surface area (Å²) in [5, 5.41) is 0. The molecule has 46 heavy (non-hydrogen) atoms. The molecule has 0 spiro atoms. The molecule has 0 aliphatic carbocycles. The van der Waals surface area contributed by atoms with Gasteiger partial charge < -0.3 is 18.9 Å². The maximum atomic E-state index is 14.6. The van der Waals surface area contributed by atoms with Gasteiger partial charge in [0.1, 0.15) is 11.1 Å². The van der Waals surface area contributed by atoms with E-state index in [-0.39, 0.29) is 47.0 Å². The number of amides is 1. The van der Waals surface area contributed by atoms with Crippen LogP contribution in [0.15, 0.2) is 88.2 Å². The standard InChI is InChI=1S/C34H27N3O8S/c1-3-42-25(38)17-36-22-13-9-8-12-21(22)26(31(36)39)30-32(40)37-29(20-14-15-23-24(16-20)45-18-44-23)27(33(41)43-4-2)28(35-34(37)46-30)19-10-6-5-7-11-19/h5-16,29H,3-4,17-18H2,1-2H3/b30-26+/t29-/m0/s1. The number of aromatic nitrogens is 1. The van der Waals surface area contributed by atoms with Crippen LogP contribution < -0.4 is 29.3 Å². The molecule has 4 aromatic rings. The molecule has 0 bridgehead atoms. The van der Waals surface area contributed by atoms with Gasteiger partial charge in [-0.1, -0.05) is 65.9 Å². The summed E-state index contributed by atoms with van der Waals surface area (Å²) in [6.45, 7) is 3.41. The van der Waals surface area contributed by atoms with E-state index in [1.54, 1.807) is 56.3 Å². The Morgan fingerprint density at radius 1 is 0.935 bits per heavy atom. The highest BCUT2D eigenvalue weighted by molar-refractivity contribution is 7.07. The molecule has 3 aliphatic rings. The lowest BCUT2D eigenvalue weighted by Crippen LogP contribution is -2.41. The maximum Gasteiger partial charge on any atom is 0.338 e. The van der Waals surface area contributed by atoms with Gasteiger partial charge in [0.05, 0.1) is 41.8 Å². The van der Waals surface area contributed by atoms with Crippen molar-refractivity contribution in [3.8, 4) is 11.5 Å². The van der Waals surface area contributed by atoms with Gasteiger partial charge in [0.15, 0.2) is 16.3 Å². The molecule has 12 heteroatoms. The Hall–Kier alpha value is -5.49. The minimum Gasteiger partial charge on any atom is -0.465 e. The van der Waals surface area contributed by atoms with Gasteiger partial charge in [-0.2, -0.15) is 0 Å². The lowest BCUT2D eigenvalue weighted by molar-refractivity contribution is -0.142. The molecule has 11 nitrogen and oxygen atoms in total. The first-order valence-electron chi connectivity index (χ1n) is 14.7. The van der Waals surface area contributed by atoms with Crippen molar-refractivity contribution < 1.29 is 33.3 Å². The summed E-state index contributed by atoms with van der Waals surface area (Å²) in [7, 11) is 0. The van der Waals surface area contributed by atoms with E-state index in [9.17, 15) is 19.2 Å². The predicted molar refractivity (Wildman–Crippen MR) is 168 cm³/mol. The molecule has 7 rings (SSSR count). The Kier molecular flexibility index (Phi) is 7.49. The largest absolute Gasteiger partial charge is 0.465 e. The van der Waals surface area contributed by atoms with E-state index >= 15 is 0 Å². The molecule has 0 unspecified atom stereocenters. The van der Waals surface area contributed by atoms with E-state index in [0.29, 0.717) is 39.6 Å². The van der Waals surface area contributed by atoms with Crippen molar-refractivity contribution in [3.63, 3.8) is 0 Å².